The van der Waals surface area contributed by atoms with Gasteiger partial charge in [-0.25, -0.2) is 0 Å². The summed E-state index contributed by atoms with van der Waals surface area (Å²) in [7, 11) is -3.86. The lowest BCUT2D eigenvalue weighted by Gasteiger charge is -2.21. The summed E-state index contributed by atoms with van der Waals surface area (Å²) >= 11 is 0. The third kappa shape index (κ3) is 2.47. The van der Waals surface area contributed by atoms with E-state index < -0.39 is 16.6 Å². The average Bonchev–Trinajstić information content (AvgIpc) is 2.64. The molecule has 0 unspecified atom stereocenters. The Kier molecular flexibility index (Phi) is 3.94. The largest absolute Gasteiger partial charge is 0.434 e. The third-order valence-electron chi connectivity index (χ3n) is 2.98. The topological polar surface area (TPSA) is 59.0 Å². The summed E-state index contributed by atoms with van der Waals surface area (Å²) in [6.07, 6.45) is 0. The minimum absolute atomic E-state index is 0.0995. The number of ether oxygens (including phenoxy) is 1. The van der Waals surface area contributed by atoms with Crippen molar-refractivity contribution in [2.75, 3.05) is 13.1 Å². The zero-order chi connectivity index (χ0) is 14.9. The molecule has 0 N–H and O–H groups in total. The van der Waals surface area contributed by atoms with Crippen LogP contribution < -0.4 is 4.74 Å². The fraction of sp³-hybridized carbons (Fsp3) is 0.417. The van der Waals surface area contributed by atoms with Gasteiger partial charge in [-0.15, -0.1) is 4.40 Å². The first kappa shape index (κ1) is 14.7. The number of rotatable bonds is 4. The van der Waals surface area contributed by atoms with Gasteiger partial charge in [0.05, 0.1) is 5.56 Å². The van der Waals surface area contributed by atoms with E-state index in [0.717, 1.165) is 0 Å². The molecule has 0 amide bonds. The molecule has 0 bridgehead atoms. The van der Waals surface area contributed by atoms with Gasteiger partial charge in [0.1, 0.15) is 10.6 Å². The number of fused-ring (bicyclic) bond motifs is 1. The second-order valence-corrected chi connectivity index (χ2v) is 5.64. The molecule has 0 atom stereocenters. The number of hydrogen-bond acceptors (Lipinski definition) is 4. The van der Waals surface area contributed by atoms with Crippen molar-refractivity contribution >= 4 is 15.9 Å². The summed E-state index contributed by atoms with van der Waals surface area (Å²) < 4.78 is 57.0. The molecule has 0 saturated carbocycles. The van der Waals surface area contributed by atoms with E-state index in [1.165, 1.54) is 18.2 Å². The lowest BCUT2D eigenvalue weighted by atomic mass is 10.1. The van der Waals surface area contributed by atoms with Gasteiger partial charge in [-0.2, -0.15) is 17.2 Å². The van der Waals surface area contributed by atoms with Gasteiger partial charge in [-0.1, -0.05) is 6.07 Å². The van der Waals surface area contributed by atoms with Crippen molar-refractivity contribution in [1.82, 2.24) is 4.90 Å². The van der Waals surface area contributed by atoms with Crippen LogP contribution in [0, 0.1) is 0 Å². The molecule has 0 radical (unpaired) electrons. The second-order valence-electron chi connectivity index (χ2n) is 4.07. The molecule has 0 aliphatic carbocycles. The maximum absolute atomic E-state index is 12.4. The van der Waals surface area contributed by atoms with Crippen LogP contribution in [0.1, 0.15) is 19.4 Å². The van der Waals surface area contributed by atoms with Gasteiger partial charge in [0.25, 0.3) is 10.0 Å². The maximum atomic E-state index is 12.4. The van der Waals surface area contributed by atoms with Crippen molar-refractivity contribution in [2.24, 2.45) is 4.40 Å². The molecule has 1 aliphatic heterocycles. The van der Waals surface area contributed by atoms with Crippen LogP contribution >= 0.6 is 0 Å². The molecular formula is C12H14F2N2O3S. The summed E-state index contributed by atoms with van der Waals surface area (Å²) in [6, 6.07) is 4.00. The lowest BCUT2D eigenvalue weighted by molar-refractivity contribution is -0.0501. The van der Waals surface area contributed by atoms with Crippen molar-refractivity contribution < 1.29 is 21.9 Å². The van der Waals surface area contributed by atoms with Crippen molar-refractivity contribution in [3.8, 4) is 5.75 Å². The molecule has 1 aromatic carbocycles. The molecule has 0 aromatic heterocycles. The molecule has 2 rings (SSSR count). The van der Waals surface area contributed by atoms with Gasteiger partial charge in [-0.05, 0) is 26.0 Å². The summed E-state index contributed by atoms with van der Waals surface area (Å²) in [5, 5.41) is 0. The molecule has 0 spiro atoms. The number of sulfonamides is 1. The van der Waals surface area contributed by atoms with E-state index in [9.17, 15) is 17.2 Å². The Labute approximate surface area is 115 Å². The number of benzene rings is 1. The Morgan fingerprint density at radius 3 is 2.50 bits per heavy atom. The summed E-state index contributed by atoms with van der Waals surface area (Å²) in [4.78, 5) is 1.58. The van der Waals surface area contributed by atoms with Gasteiger partial charge in [0.2, 0.25) is 0 Å². The molecular weight excluding hydrogens is 290 g/mol. The number of hydrogen-bond donors (Lipinski definition) is 0. The molecule has 20 heavy (non-hydrogen) atoms. The predicted octanol–water partition coefficient (Wildman–Crippen LogP) is 2.08. The van der Waals surface area contributed by atoms with E-state index in [4.69, 9.17) is 0 Å². The van der Waals surface area contributed by atoms with E-state index in [0.29, 0.717) is 13.1 Å². The van der Waals surface area contributed by atoms with Gasteiger partial charge < -0.3 is 9.64 Å². The standard InChI is InChI=1S/C12H14F2N2O3S/c1-3-16(4-2)11-10-8(19-12(13)14)6-5-7-9(10)20(17,18)15-11/h5-7,12H,3-4H2,1-2H3. The highest BCUT2D eigenvalue weighted by atomic mass is 32.2. The highest BCUT2D eigenvalue weighted by Crippen LogP contribution is 2.35. The van der Waals surface area contributed by atoms with Crippen LogP contribution in [0.2, 0.25) is 0 Å². The fourth-order valence-corrected chi connectivity index (χ4v) is 3.32. The number of halogens is 2. The third-order valence-corrected chi connectivity index (χ3v) is 4.28. The van der Waals surface area contributed by atoms with E-state index in [1.54, 1.807) is 4.90 Å². The molecule has 1 aliphatic rings. The quantitative estimate of drug-likeness (QED) is 0.854. The minimum atomic E-state index is -3.86. The van der Waals surface area contributed by atoms with Gasteiger partial charge in [0, 0.05) is 13.1 Å². The van der Waals surface area contributed by atoms with Gasteiger partial charge in [0.15, 0.2) is 5.84 Å². The highest BCUT2D eigenvalue weighted by molar-refractivity contribution is 7.90. The summed E-state index contributed by atoms with van der Waals surface area (Å²) in [5.74, 6) is -0.0227. The average molecular weight is 304 g/mol. The number of amidine groups is 1. The van der Waals surface area contributed by atoms with E-state index in [-0.39, 0.29) is 22.0 Å². The van der Waals surface area contributed by atoms with E-state index in [2.05, 4.69) is 9.13 Å². The van der Waals surface area contributed by atoms with Crippen molar-refractivity contribution in [2.45, 2.75) is 25.4 Å². The van der Waals surface area contributed by atoms with Crippen LogP contribution in [-0.4, -0.2) is 38.9 Å². The molecule has 8 heteroatoms. The Bertz CT molecular complexity index is 640. The molecule has 1 heterocycles. The zero-order valence-electron chi connectivity index (χ0n) is 11.0. The zero-order valence-corrected chi connectivity index (χ0v) is 11.8. The Morgan fingerprint density at radius 2 is 1.95 bits per heavy atom. The van der Waals surface area contributed by atoms with Crippen LogP contribution in [0.15, 0.2) is 27.5 Å². The van der Waals surface area contributed by atoms with Gasteiger partial charge in [-0.3, -0.25) is 0 Å². The number of nitrogens with zero attached hydrogens (tertiary/aromatic N) is 2. The van der Waals surface area contributed by atoms with Crippen molar-refractivity contribution in [3.63, 3.8) is 0 Å². The first-order valence-corrected chi connectivity index (χ1v) is 7.52. The molecule has 1 aromatic rings. The van der Waals surface area contributed by atoms with Crippen molar-refractivity contribution in [3.05, 3.63) is 23.8 Å². The Morgan fingerprint density at radius 1 is 1.30 bits per heavy atom. The van der Waals surface area contributed by atoms with Crippen LogP contribution in [0.3, 0.4) is 0 Å². The molecule has 0 fully saturated rings. The van der Waals surface area contributed by atoms with Crippen molar-refractivity contribution in [1.29, 1.82) is 0 Å². The molecule has 110 valence electrons. The smallest absolute Gasteiger partial charge is 0.387 e. The lowest BCUT2D eigenvalue weighted by Crippen LogP contribution is -2.30. The maximum Gasteiger partial charge on any atom is 0.387 e. The highest BCUT2D eigenvalue weighted by Gasteiger charge is 2.34. The minimum Gasteiger partial charge on any atom is -0.434 e. The van der Waals surface area contributed by atoms with Gasteiger partial charge >= 0.3 is 6.61 Å². The van der Waals surface area contributed by atoms with Crippen LogP contribution in [0.25, 0.3) is 0 Å². The van der Waals surface area contributed by atoms with Crippen LogP contribution in [-0.2, 0) is 10.0 Å². The monoisotopic (exact) mass is 304 g/mol. The first-order chi connectivity index (χ1) is 9.40. The van der Waals surface area contributed by atoms with E-state index >= 15 is 0 Å². The Balaban J connectivity index is 2.62. The fourth-order valence-electron chi connectivity index (χ4n) is 2.09. The second kappa shape index (κ2) is 5.35. The number of alkyl halides is 2. The SMILES string of the molecule is CCN(CC)C1=NS(=O)(=O)c2cccc(OC(F)F)c21. The molecule has 0 saturated heterocycles. The molecule has 5 nitrogen and oxygen atoms in total. The summed E-state index contributed by atoms with van der Waals surface area (Å²) in [6.45, 7) is 1.64. The Hall–Kier alpha value is -1.70. The normalized spacial score (nSPS) is 15.9. The predicted molar refractivity (Wildman–Crippen MR) is 69.7 cm³/mol. The summed E-state index contributed by atoms with van der Waals surface area (Å²) in [5.41, 5.74) is 0.108. The van der Waals surface area contributed by atoms with Crippen LogP contribution in [0.5, 0.6) is 5.75 Å². The van der Waals surface area contributed by atoms with E-state index in [1.807, 2.05) is 13.8 Å². The van der Waals surface area contributed by atoms with Crippen LogP contribution in [0.4, 0.5) is 8.78 Å². The first-order valence-electron chi connectivity index (χ1n) is 6.08.